The molecule has 25 heavy (non-hydrogen) atoms. The highest BCUT2D eigenvalue weighted by Crippen LogP contribution is 2.09. The third-order valence-corrected chi connectivity index (χ3v) is 4.31. The van der Waals surface area contributed by atoms with Gasteiger partial charge in [0.15, 0.2) is 0 Å². The standard InChI is InChI=1S/C20H40N2O3/c1-14(2)9-7-11-16(5)21-19(24)13-18(23)20(25)22-17(6)12-8-10-15(3)4/h14-18,23H,7-13H2,1-6H3,(H,21,24)(H,22,25). The number of aliphatic hydroxyl groups is 1. The van der Waals surface area contributed by atoms with Crippen molar-refractivity contribution in [1.82, 2.24) is 10.6 Å². The van der Waals surface area contributed by atoms with Gasteiger partial charge in [-0.05, 0) is 38.5 Å². The lowest BCUT2D eigenvalue weighted by Gasteiger charge is -2.18. The Bertz CT molecular complexity index is 383. The van der Waals surface area contributed by atoms with Crippen molar-refractivity contribution in [3.8, 4) is 0 Å². The first kappa shape index (κ1) is 23.9. The molecule has 0 aromatic heterocycles. The Kier molecular flexibility index (Phi) is 12.6. The summed E-state index contributed by atoms with van der Waals surface area (Å²) in [6.45, 7) is 12.6. The first-order valence-electron chi connectivity index (χ1n) is 9.89. The molecule has 0 saturated carbocycles. The van der Waals surface area contributed by atoms with Crippen LogP contribution in [0.15, 0.2) is 0 Å². The summed E-state index contributed by atoms with van der Waals surface area (Å²) in [4.78, 5) is 23.9. The third-order valence-electron chi connectivity index (χ3n) is 4.31. The highest BCUT2D eigenvalue weighted by molar-refractivity contribution is 5.87. The predicted octanol–water partition coefficient (Wildman–Crippen LogP) is 3.40. The van der Waals surface area contributed by atoms with Crippen LogP contribution in [-0.4, -0.2) is 35.1 Å². The summed E-state index contributed by atoms with van der Waals surface area (Å²) in [5.41, 5.74) is 0. The van der Waals surface area contributed by atoms with E-state index in [-0.39, 0.29) is 24.4 Å². The molecule has 0 aromatic rings. The van der Waals surface area contributed by atoms with Crippen molar-refractivity contribution in [3.05, 3.63) is 0 Å². The van der Waals surface area contributed by atoms with E-state index in [1.807, 2.05) is 13.8 Å². The second-order valence-electron chi connectivity index (χ2n) is 8.25. The Morgan fingerprint density at radius 3 is 1.64 bits per heavy atom. The van der Waals surface area contributed by atoms with Crippen LogP contribution >= 0.6 is 0 Å². The predicted molar refractivity (Wildman–Crippen MR) is 103 cm³/mol. The quantitative estimate of drug-likeness (QED) is 0.473. The molecule has 3 unspecified atom stereocenters. The second-order valence-corrected chi connectivity index (χ2v) is 8.25. The summed E-state index contributed by atoms with van der Waals surface area (Å²) in [7, 11) is 0. The monoisotopic (exact) mass is 356 g/mol. The number of carbonyl (C=O) groups is 2. The molecule has 0 bridgehead atoms. The van der Waals surface area contributed by atoms with Gasteiger partial charge < -0.3 is 15.7 Å². The molecule has 0 aromatic carbocycles. The molecule has 0 aliphatic heterocycles. The van der Waals surface area contributed by atoms with E-state index in [4.69, 9.17) is 0 Å². The number of hydrogen-bond acceptors (Lipinski definition) is 3. The van der Waals surface area contributed by atoms with E-state index >= 15 is 0 Å². The second kappa shape index (κ2) is 13.2. The van der Waals surface area contributed by atoms with Crippen LogP contribution in [0.3, 0.4) is 0 Å². The van der Waals surface area contributed by atoms with E-state index in [0.29, 0.717) is 11.8 Å². The van der Waals surface area contributed by atoms with Gasteiger partial charge in [-0.15, -0.1) is 0 Å². The van der Waals surface area contributed by atoms with Gasteiger partial charge in [0.05, 0.1) is 6.42 Å². The lowest BCUT2D eigenvalue weighted by molar-refractivity contribution is -0.135. The van der Waals surface area contributed by atoms with Crippen LogP contribution in [-0.2, 0) is 9.59 Å². The summed E-state index contributed by atoms with van der Waals surface area (Å²) in [5, 5.41) is 15.6. The number of carbonyl (C=O) groups excluding carboxylic acids is 2. The normalized spacial score (nSPS) is 15.1. The van der Waals surface area contributed by atoms with E-state index in [9.17, 15) is 14.7 Å². The van der Waals surface area contributed by atoms with Gasteiger partial charge in [-0.3, -0.25) is 9.59 Å². The van der Waals surface area contributed by atoms with Gasteiger partial charge in [0, 0.05) is 12.1 Å². The number of nitrogens with one attached hydrogen (secondary N) is 2. The van der Waals surface area contributed by atoms with Crippen LogP contribution < -0.4 is 10.6 Å². The van der Waals surface area contributed by atoms with Crippen LogP contribution in [0, 0.1) is 11.8 Å². The van der Waals surface area contributed by atoms with E-state index in [1.54, 1.807) is 0 Å². The molecule has 0 saturated heterocycles. The van der Waals surface area contributed by atoms with Gasteiger partial charge in [-0.1, -0.05) is 53.4 Å². The molecule has 148 valence electrons. The van der Waals surface area contributed by atoms with E-state index < -0.39 is 12.0 Å². The fraction of sp³-hybridized carbons (Fsp3) is 0.900. The summed E-state index contributed by atoms with van der Waals surface area (Å²) >= 11 is 0. The largest absolute Gasteiger partial charge is 0.383 e. The van der Waals surface area contributed by atoms with Gasteiger partial charge >= 0.3 is 0 Å². The van der Waals surface area contributed by atoms with Gasteiger partial charge in [0.2, 0.25) is 11.8 Å². The molecule has 5 nitrogen and oxygen atoms in total. The maximum absolute atomic E-state index is 12.0. The zero-order chi connectivity index (χ0) is 19.4. The van der Waals surface area contributed by atoms with E-state index in [2.05, 4.69) is 38.3 Å². The Morgan fingerprint density at radius 1 is 0.760 bits per heavy atom. The molecular formula is C20H40N2O3. The zero-order valence-electron chi connectivity index (χ0n) is 17.1. The van der Waals surface area contributed by atoms with E-state index in [1.165, 1.54) is 0 Å². The first-order chi connectivity index (χ1) is 11.6. The first-order valence-corrected chi connectivity index (χ1v) is 9.89. The Balaban J connectivity index is 4.02. The molecule has 3 atom stereocenters. The summed E-state index contributed by atoms with van der Waals surface area (Å²) < 4.78 is 0. The molecule has 0 heterocycles. The van der Waals surface area contributed by atoms with Crippen LogP contribution in [0.1, 0.15) is 86.5 Å². The number of rotatable bonds is 13. The summed E-state index contributed by atoms with van der Waals surface area (Å²) in [5.74, 6) is 0.586. The number of aliphatic hydroxyl groups excluding tert-OH is 1. The van der Waals surface area contributed by atoms with Crippen LogP contribution in [0.5, 0.6) is 0 Å². The topological polar surface area (TPSA) is 78.4 Å². The van der Waals surface area contributed by atoms with Gasteiger partial charge in [-0.25, -0.2) is 0 Å². The highest BCUT2D eigenvalue weighted by Gasteiger charge is 2.21. The molecule has 0 radical (unpaired) electrons. The smallest absolute Gasteiger partial charge is 0.249 e. The maximum atomic E-state index is 12.0. The zero-order valence-corrected chi connectivity index (χ0v) is 17.1. The van der Waals surface area contributed by atoms with Crippen molar-refractivity contribution in [3.63, 3.8) is 0 Å². The van der Waals surface area contributed by atoms with Crippen molar-refractivity contribution >= 4 is 11.8 Å². The fourth-order valence-corrected chi connectivity index (χ4v) is 2.75. The minimum atomic E-state index is -1.28. The van der Waals surface area contributed by atoms with Crippen molar-refractivity contribution in [2.45, 2.75) is 105 Å². The Morgan fingerprint density at radius 2 is 1.20 bits per heavy atom. The fourth-order valence-electron chi connectivity index (χ4n) is 2.75. The molecule has 2 amide bonds. The maximum Gasteiger partial charge on any atom is 0.249 e. The van der Waals surface area contributed by atoms with Gasteiger partial charge in [0.25, 0.3) is 0 Å². The highest BCUT2D eigenvalue weighted by atomic mass is 16.3. The molecule has 0 rings (SSSR count). The minimum absolute atomic E-state index is 0.0129. The van der Waals surface area contributed by atoms with Gasteiger partial charge in [0.1, 0.15) is 6.10 Å². The molecule has 0 spiro atoms. The Hall–Kier alpha value is -1.10. The van der Waals surface area contributed by atoms with E-state index in [0.717, 1.165) is 38.5 Å². The number of amides is 2. The van der Waals surface area contributed by atoms with Crippen LogP contribution in [0.4, 0.5) is 0 Å². The lowest BCUT2D eigenvalue weighted by atomic mass is 10.0. The van der Waals surface area contributed by atoms with Crippen molar-refractivity contribution in [1.29, 1.82) is 0 Å². The molecule has 3 N–H and O–H groups in total. The molecule has 0 aliphatic rings. The van der Waals surface area contributed by atoms with Crippen LogP contribution in [0.25, 0.3) is 0 Å². The molecule has 0 fully saturated rings. The third kappa shape index (κ3) is 13.8. The SMILES string of the molecule is CC(C)CCCC(C)NC(=O)CC(O)C(=O)NC(C)CCCC(C)C. The van der Waals surface area contributed by atoms with Crippen molar-refractivity contribution in [2.24, 2.45) is 11.8 Å². The summed E-state index contributed by atoms with van der Waals surface area (Å²) in [6.07, 6.45) is 4.71. The lowest BCUT2D eigenvalue weighted by Crippen LogP contribution is -2.43. The number of hydrogen-bond donors (Lipinski definition) is 3. The van der Waals surface area contributed by atoms with Gasteiger partial charge in [-0.2, -0.15) is 0 Å². The average Bonchev–Trinajstić information content (AvgIpc) is 2.45. The molecular weight excluding hydrogens is 316 g/mol. The van der Waals surface area contributed by atoms with Crippen molar-refractivity contribution < 1.29 is 14.7 Å². The summed E-state index contributed by atoms with van der Waals surface area (Å²) in [6, 6.07) is 0.0791. The average molecular weight is 357 g/mol. The molecule has 5 heteroatoms. The Labute approximate surface area is 154 Å². The minimum Gasteiger partial charge on any atom is -0.383 e. The van der Waals surface area contributed by atoms with Crippen LogP contribution in [0.2, 0.25) is 0 Å². The van der Waals surface area contributed by atoms with Crippen molar-refractivity contribution in [2.75, 3.05) is 0 Å². The molecule has 0 aliphatic carbocycles.